The van der Waals surface area contributed by atoms with E-state index >= 15 is 0 Å². The summed E-state index contributed by atoms with van der Waals surface area (Å²) in [6.07, 6.45) is 0.532. The van der Waals surface area contributed by atoms with E-state index in [2.05, 4.69) is 15.3 Å². The summed E-state index contributed by atoms with van der Waals surface area (Å²) in [4.78, 5) is 22.9. The molecule has 27 heavy (non-hydrogen) atoms. The van der Waals surface area contributed by atoms with Gasteiger partial charge in [-0.05, 0) is 31.5 Å². The second kappa shape index (κ2) is 7.32. The topological polar surface area (TPSA) is 116 Å². The van der Waals surface area contributed by atoms with Crippen LogP contribution in [0.1, 0.15) is 28.3 Å². The third-order valence-electron chi connectivity index (χ3n) is 4.42. The Kier molecular flexibility index (Phi) is 5.10. The van der Waals surface area contributed by atoms with Crippen molar-refractivity contribution in [2.75, 3.05) is 28.8 Å². The first-order valence-corrected chi connectivity index (χ1v) is 10.2. The minimum atomic E-state index is -3.02. The number of amides is 1. The molecule has 1 amide bonds. The Hall–Kier alpha value is -2.99. The lowest BCUT2D eigenvalue weighted by Crippen LogP contribution is -2.33. The monoisotopic (exact) mass is 385 g/mol. The number of benzene rings is 1. The van der Waals surface area contributed by atoms with E-state index in [9.17, 15) is 13.2 Å². The van der Waals surface area contributed by atoms with Gasteiger partial charge in [0.05, 0.1) is 23.1 Å². The number of carbonyl (C=O) groups is 1. The van der Waals surface area contributed by atoms with Crippen molar-refractivity contribution < 1.29 is 13.2 Å². The summed E-state index contributed by atoms with van der Waals surface area (Å²) >= 11 is 0. The number of hydrogen-bond acceptors (Lipinski definition) is 7. The average molecular weight is 385 g/mol. The molecule has 8 nitrogen and oxygen atoms in total. The van der Waals surface area contributed by atoms with Gasteiger partial charge in [0.1, 0.15) is 17.3 Å². The maximum absolute atomic E-state index is 12.6. The molecule has 1 aliphatic rings. The molecule has 1 saturated heterocycles. The SMILES string of the molecule is Cc1nc(C(=O)Nc2cccc(C#N)c2)cc(N(C)C2CCS(=O)(=O)C2)n1. The van der Waals surface area contributed by atoms with Crippen LogP contribution in [0.4, 0.5) is 11.5 Å². The Morgan fingerprint density at radius 1 is 1.33 bits per heavy atom. The number of anilines is 2. The number of nitriles is 1. The maximum atomic E-state index is 12.6. The minimum absolute atomic E-state index is 0.0784. The van der Waals surface area contributed by atoms with Crippen LogP contribution in [0.25, 0.3) is 0 Å². The van der Waals surface area contributed by atoms with E-state index in [1.807, 2.05) is 6.07 Å². The summed E-state index contributed by atoms with van der Waals surface area (Å²) < 4.78 is 23.5. The van der Waals surface area contributed by atoms with Crippen molar-refractivity contribution in [1.29, 1.82) is 5.26 Å². The smallest absolute Gasteiger partial charge is 0.274 e. The van der Waals surface area contributed by atoms with E-state index in [4.69, 9.17) is 5.26 Å². The van der Waals surface area contributed by atoms with E-state index in [-0.39, 0.29) is 23.2 Å². The molecule has 1 N–H and O–H groups in total. The van der Waals surface area contributed by atoms with Crippen molar-refractivity contribution in [3.05, 3.63) is 47.4 Å². The zero-order valence-electron chi connectivity index (χ0n) is 15.0. The third-order valence-corrected chi connectivity index (χ3v) is 6.17. The van der Waals surface area contributed by atoms with Gasteiger partial charge in [-0.3, -0.25) is 4.79 Å². The van der Waals surface area contributed by atoms with E-state index in [1.165, 1.54) is 0 Å². The predicted molar refractivity (Wildman–Crippen MR) is 101 cm³/mol. The van der Waals surface area contributed by atoms with Gasteiger partial charge in [0.15, 0.2) is 9.84 Å². The molecule has 0 saturated carbocycles. The van der Waals surface area contributed by atoms with Crippen LogP contribution in [-0.4, -0.2) is 48.9 Å². The van der Waals surface area contributed by atoms with Crippen LogP contribution in [0.5, 0.6) is 0 Å². The second-order valence-corrected chi connectivity index (χ2v) is 8.70. The molecule has 0 aliphatic carbocycles. The number of aromatic nitrogens is 2. The van der Waals surface area contributed by atoms with Crippen LogP contribution >= 0.6 is 0 Å². The van der Waals surface area contributed by atoms with E-state index in [1.54, 1.807) is 49.2 Å². The Balaban J connectivity index is 1.82. The normalized spacial score (nSPS) is 17.9. The van der Waals surface area contributed by atoms with Gasteiger partial charge in [0.25, 0.3) is 5.91 Å². The molecular formula is C18H19N5O3S. The molecule has 1 aromatic heterocycles. The third kappa shape index (κ3) is 4.41. The summed E-state index contributed by atoms with van der Waals surface area (Å²) in [5.41, 5.74) is 1.11. The summed E-state index contributed by atoms with van der Waals surface area (Å²) in [6.45, 7) is 1.68. The van der Waals surface area contributed by atoms with Crippen LogP contribution in [0.2, 0.25) is 0 Å². The highest BCUT2D eigenvalue weighted by atomic mass is 32.2. The Morgan fingerprint density at radius 2 is 2.11 bits per heavy atom. The maximum Gasteiger partial charge on any atom is 0.274 e. The zero-order valence-corrected chi connectivity index (χ0v) is 15.8. The van der Waals surface area contributed by atoms with Gasteiger partial charge in [-0.2, -0.15) is 5.26 Å². The molecule has 1 fully saturated rings. The first-order chi connectivity index (χ1) is 12.8. The summed E-state index contributed by atoms with van der Waals surface area (Å²) in [6, 6.07) is 9.97. The van der Waals surface area contributed by atoms with Gasteiger partial charge in [-0.1, -0.05) is 6.07 Å². The number of rotatable bonds is 4. The quantitative estimate of drug-likeness (QED) is 0.848. The van der Waals surface area contributed by atoms with Gasteiger partial charge in [-0.15, -0.1) is 0 Å². The van der Waals surface area contributed by atoms with Crippen molar-refractivity contribution in [3.63, 3.8) is 0 Å². The number of sulfone groups is 1. The molecule has 0 spiro atoms. The first kappa shape index (κ1) is 18.8. The van der Waals surface area contributed by atoms with Crippen molar-refractivity contribution in [1.82, 2.24) is 9.97 Å². The van der Waals surface area contributed by atoms with E-state index in [0.717, 1.165) is 0 Å². The molecule has 140 valence electrons. The van der Waals surface area contributed by atoms with Gasteiger partial charge in [0, 0.05) is 24.8 Å². The molecule has 0 radical (unpaired) electrons. The summed E-state index contributed by atoms with van der Waals surface area (Å²) in [7, 11) is -1.25. The fourth-order valence-electron chi connectivity index (χ4n) is 2.98. The lowest BCUT2D eigenvalue weighted by molar-refractivity contribution is 0.102. The van der Waals surface area contributed by atoms with E-state index < -0.39 is 15.7 Å². The number of nitrogens with one attached hydrogen (secondary N) is 1. The lowest BCUT2D eigenvalue weighted by Gasteiger charge is -2.25. The van der Waals surface area contributed by atoms with Gasteiger partial charge < -0.3 is 10.2 Å². The highest BCUT2D eigenvalue weighted by Gasteiger charge is 2.31. The van der Waals surface area contributed by atoms with E-state index in [0.29, 0.717) is 29.3 Å². The van der Waals surface area contributed by atoms with Crippen LogP contribution < -0.4 is 10.2 Å². The largest absolute Gasteiger partial charge is 0.356 e. The van der Waals surface area contributed by atoms with Gasteiger partial charge in [0.2, 0.25) is 0 Å². The molecule has 9 heteroatoms. The van der Waals surface area contributed by atoms with Crippen LogP contribution in [-0.2, 0) is 9.84 Å². The fourth-order valence-corrected chi connectivity index (χ4v) is 4.75. The van der Waals surface area contributed by atoms with Gasteiger partial charge in [-0.25, -0.2) is 18.4 Å². The van der Waals surface area contributed by atoms with Gasteiger partial charge >= 0.3 is 0 Å². The van der Waals surface area contributed by atoms with Crippen molar-refractivity contribution in [2.45, 2.75) is 19.4 Å². The lowest BCUT2D eigenvalue weighted by atomic mass is 10.2. The molecule has 2 aromatic rings. The molecule has 1 aromatic carbocycles. The number of carbonyl (C=O) groups excluding carboxylic acids is 1. The average Bonchev–Trinajstić information content (AvgIpc) is 3.00. The highest BCUT2D eigenvalue weighted by Crippen LogP contribution is 2.22. The Morgan fingerprint density at radius 3 is 2.78 bits per heavy atom. The number of hydrogen-bond donors (Lipinski definition) is 1. The number of nitrogens with zero attached hydrogens (tertiary/aromatic N) is 4. The molecule has 1 atom stereocenters. The first-order valence-electron chi connectivity index (χ1n) is 8.38. The van der Waals surface area contributed by atoms with Crippen molar-refractivity contribution in [2.24, 2.45) is 0 Å². The Labute approximate surface area is 157 Å². The zero-order chi connectivity index (χ0) is 19.6. The number of aryl methyl sites for hydroxylation is 1. The Bertz CT molecular complexity index is 1030. The molecule has 2 heterocycles. The standard InChI is InChI=1S/C18H19N5O3S/c1-12-20-16(18(24)22-14-5-3-4-13(8-14)10-19)9-17(21-12)23(2)15-6-7-27(25,26)11-15/h3-5,8-9,15H,6-7,11H2,1-2H3,(H,22,24). The molecule has 1 aliphatic heterocycles. The van der Waals surface area contributed by atoms with Crippen molar-refractivity contribution >= 4 is 27.2 Å². The van der Waals surface area contributed by atoms with Crippen molar-refractivity contribution in [3.8, 4) is 6.07 Å². The van der Waals surface area contributed by atoms with Crippen LogP contribution in [0, 0.1) is 18.3 Å². The second-order valence-electron chi connectivity index (χ2n) is 6.47. The fraction of sp³-hybridized carbons (Fsp3) is 0.333. The molecular weight excluding hydrogens is 366 g/mol. The van der Waals surface area contributed by atoms with Crippen LogP contribution in [0.15, 0.2) is 30.3 Å². The molecule has 1 unspecified atom stereocenters. The molecule has 0 bridgehead atoms. The summed E-state index contributed by atoms with van der Waals surface area (Å²) in [5.74, 6) is 0.727. The predicted octanol–water partition coefficient (Wildman–Crippen LogP) is 1.53. The summed E-state index contributed by atoms with van der Waals surface area (Å²) in [5, 5.41) is 11.7. The minimum Gasteiger partial charge on any atom is -0.356 e. The highest BCUT2D eigenvalue weighted by molar-refractivity contribution is 7.91. The molecule has 3 rings (SSSR count). The van der Waals surface area contributed by atoms with Crippen LogP contribution in [0.3, 0.4) is 0 Å².